The van der Waals surface area contributed by atoms with Crippen LogP contribution < -0.4 is 11.5 Å². The van der Waals surface area contributed by atoms with Gasteiger partial charge in [-0.1, -0.05) is 0 Å². The van der Waals surface area contributed by atoms with Crippen molar-refractivity contribution in [3.8, 4) is 0 Å². The van der Waals surface area contributed by atoms with Crippen molar-refractivity contribution in [1.29, 1.82) is 0 Å². The van der Waals surface area contributed by atoms with E-state index in [2.05, 4.69) is 10.2 Å². The van der Waals surface area contributed by atoms with Crippen molar-refractivity contribution in [2.45, 2.75) is 13.8 Å². The Morgan fingerprint density at radius 3 is 2.55 bits per heavy atom. The van der Waals surface area contributed by atoms with Crippen LogP contribution in [0, 0.1) is 13.8 Å². The summed E-state index contributed by atoms with van der Waals surface area (Å²) in [5.74, 6) is 0.00694. The van der Waals surface area contributed by atoms with Crippen molar-refractivity contribution < 1.29 is 0 Å². The van der Waals surface area contributed by atoms with Crippen LogP contribution in [0.4, 0.5) is 0 Å². The summed E-state index contributed by atoms with van der Waals surface area (Å²) in [6, 6.07) is 0. The summed E-state index contributed by atoms with van der Waals surface area (Å²) in [5, 5.41) is 7.74. The largest absolute Gasteiger partial charge is 0.369 e. The zero-order valence-electron chi connectivity index (χ0n) is 6.57. The molecule has 0 aromatic carbocycles. The molecule has 4 N–H and O–H groups in total. The predicted molar refractivity (Wildman–Crippen MR) is 42.9 cm³/mol. The lowest BCUT2D eigenvalue weighted by Crippen LogP contribution is -2.24. The summed E-state index contributed by atoms with van der Waals surface area (Å²) < 4.78 is 0. The first kappa shape index (κ1) is 7.59. The van der Waals surface area contributed by atoms with E-state index in [1.54, 1.807) is 6.20 Å². The van der Waals surface area contributed by atoms with Gasteiger partial charge in [0.1, 0.15) is 0 Å². The number of nitrogens with two attached hydrogens (primary N) is 2. The third-order valence-corrected chi connectivity index (χ3v) is 1.35. The van der Waals surface area contributed by atoms with Gasteiger partial charge in [-0.2, -0.15) is 9.89 Å². The normalized spacial score (nSPS) is 9.64. The highest BCUT2D eigenvalue weighted by atomic mass is 15.5. The fourth-order valence-electron chi connectivity index (χ4n) is 0.698. The molecule has 0 fully saturated rings. The topological polar surface area (TPSA) is 82.2 Å². The fraction of sp³-hybridized carbons (Fsp3) is 0.333. The van der Waals surface area contributed by atoms with Gasteiger partial charge in [0.2, 0.25) is 5.96 Å². The van der Waals surface area contributed by atoms with Crippen molar-refractivity contribution in [1.82, 2.24) is 9.89 Å². The Morgan fingerprint density at radius 1 is 1.55 bits per heavy atom. The maximum absolute atomic E-state index is 5.15. The lowest BCUT2D eigenvalue weighted by molar-refractivity contribution is 0.728. The van der Waals surface area contributed by atoms with Gasteiger partial charge in [0.05, 0.1) is 11.9 Å². The molecule has 0 unspecified atom stereocenters. The van der Waals surface area contributed by atoms with Gasteiger partial charge in [0.25, 0.3) is 0 Å². The maximum Gasteiger partial charge on any atom is 0.211 e. The fourth-order valence-corrected chi connectivity index (χ4v) is 0.698. The summed E-state index contributed by atoms with van der Waals surface area (Å²) >= 11 is 0. The second-order valence-corrected chi connectivity index (χ2v) is 2.34. The Bertz CT molecular complexity index is 262. The van der Waals surface area contributed by atoms with Crippen LogP contribution in [0.2, 0.25) is 0 Å². The zero-order chi connectivity index (χ0) is 8.43. The van der Waals surface area contributed by atoms with E-state index in [-0.39, 0.29) is 5.96 Å². The predicted octanol–water partition coefficient (Wildman–Crippen LogP) is -0.464. The minimum atomic E-state index is 0.00694. The standard InChI is InChI=1S/C6H11N5/c1-4-3-11(9-5(4)2)10-6(7)8/h3H,1-2H3,(H4,7,8,10). The van der Waals surface area contributed by atoms with Crippen molar-refractivity contribution >= 4 is 5.96 Å². The monoisotopic (exact) mass is 153 g/mol. The molecule has 0 aliphatic heterocycles. The first-order chi connectivity index (χ1) is 5.09. The van der Waals surface area contributed by atoms with Crippen molar-refractivity contribution in [3.63, 3.8) is 0 Å². The summed E-state index contributed by atoms with van der Waals surface area (Å²) in [6.45, 7) is 3.84. The summed E-state index contributed by atoms with van der Waals surface area (Å²) in [6.07, 6.45) is 1.76. The number of guanidine groups is 1. The van der Waals surface area contributed by atoms with Gasteiger partial charge in [-0.3, -0.25) is 0 Å². The molecule has 0 saturated carbocycles. The highest BCUT2D eigenvalue weighted by Gasteiger charge is 1.97. The Kier molecular flexibility index (Phi) is 1.80. The highest BCUT2D eigenvalue weighted by Crippen LogP contribution is 2.01. The first-order valence-electron chi connectivity index (χ1n) is 3.22. The van der Waals surface area contributed by atoms with E-state index in [4.69, 9.17) is 11.5 Å². The van der Waals surface area contributed by atoms with Gasteiger partial charge in [-0.15, -0.1) is 5.10 Å². The maximum atomic E-state index is 5.15. The molecule has 0 bridgehead atoms. The minimum Gasteiger partial charge on any atom is -0.369 e. The minimum absolute atomic E-state index is 0.00694. The van der Waals surface area contributed by atoms with E-state index < -0.39 is 0 Å². The van der Waals surface area contributed by atoms with Crippen LogP contribution in [-0.2, 0) is 0 Å². The van der Waals surface area contributed by atoms with Crippen LogP contribution >= 0.6 is 0 Å². The number of hydrogen-bond acceptors (Lipinski definition) is 2. The number of nitrogens with zero attached hydrogens (tertiary/aromatic N) is 3. The van der Waals surface area contributed by atoms with Crippen LogP contribution in [0.5, 0.6) is 0 Å². The average Bonchev–Trinajstić information content (AvgIpc) is 2.10. The van der Waals surface area contributed by atoms with E-state index in [0.29, 0.717) is 0 Å². The Labute approximate surface area is 64.7 Å². The van der Waals surface area contributed by atoms with Gasteiger partial charge in [-0.25, -0.2) is 0 Å². The molecule has 0 aliphatic rings. The lowest BCUT2D eigenvalue weighted by atomic mass is 10.3. The molecule has 1 aromatic rings. The number of hydrogen-bond donors (Lipinski definition) is 2. The molecule has 0 spiro atoms. The van der Waals surface area contributed by atoms with Crippen molar-refractivity contribution in [3.05, 3.63) is 17.5 Å². The molecule has 60 valence electrons. The number of rotatable bonds is 1. The molecular formula is C6H11N5. The highest BCUT2D eigenvalue weighted by molar-refractivity contribution is 5.75. The number of aryl methyl sites for hydroxylation is 2. The van der Waals surface area contributed by atoms with Crippen molar-refractivity contribution in [2.24, 2.45) is 16.6 Å². The molecule has 0 amide bonds. The Hall–Kier alpha value is -1.52. The summed E-state index contributed by atoms with van der Waals surface area (Å²) in [7, 11) is 0. The molecule has 5 heteroatoms. The third-order valence-electron chi connectivity index (χ3n) is 1.35. The molecule has 11 heavy (non-hydrogen) atoms. The van der Waals surface area contributed by atoms with Crippen LogP contribution in [0.1, 0.15) is 11.3 Å². The second kappa shape index (κ2) is 2.61. The summed E-state index contributed by atoms with van der Waals surface area (Å²) in [5.41, 5.74) is 12.3. The molecule has 0 atom stereocenters. The third kappa shape index (κ3) is 1.70. The second-order valence-electron chi connectivity index (χ2n) is 2.34. The molecule has 1 heterocycles. The van der Waals surface area contributed by atoms with Crippen LogP contribution in [0.25, 0.3) is 0 Å². The molecule has 0 aliphatic carbocycles. The van der Waals surface area contributed by atoms with Gasteiger partial charge >= 0.3 is 0 Å². The van der Waals surface area contributed by atoms with E-state index in [0.717, 1.165) is 11.3 Å². The van der Waals surface area contributed by atoms with Gasteiger partial charge in [0, 0.05) is 0 Å². The van der Waals surface area contributed by atoms with Gasteiger partial charge in [0.15, 0.2) is 0 Å². The molecule has 1 aromatic heterocycles. The molecule has 0 saturated heterocycles. The van der Waals surface area contributed by atoms with Crippen LogP contribution in [0.15, 0.2) is 11.3 Å². The van der Waals surface area contributed by atoms with Crippen LogP contribution in [0.3, 0.4) is 0 Å². The SMILES string of the molecule is Cc1cn(N=C(N)N)nc1C. The van der Waals surface area contributed by atoms with Gasteiger partial charge < -0.3 is 11.5 Å². The van der Waals surface area contributed by atoms with E-state index in [1.807, 2.05) is 13.8 Å². The van der Waals surface area contributed by atoms with E-state index in [9.17, 15) is 0 Å². The summed E-state index contributed by atoms with van der Waals surface area (Å²) in [4.78, 5) is 1.36. The van der Waals surface area contributed by atoms with Gasteiger partial charge in [-0.05, 0) is 19.4 Å². The quantitative estimate of drug-likeness (QED) is 0.423. The average molecular weight is 153 g/mol. The van der Waals surface area contributed by atoms with E-state index >= 15 is 0 Å². The molecule has 0 radical (unpaired) electrons. The zero-order valence-corrected chi connectivity index (χ0v) is 6.57. The Morgan fingerprint density at radius 2 is 2.18 bits per heavy atom. The van der Waals surface area contributed by atoms with Crippen molar-refractivity contribution in [2.75, 3.05) is 0 Å². The molecule has 5 nitrogen and oxygen atoms in total. The number of aromatic nitrogens is 2. The lowest BCUT2D eigenvalue weighted by Gasteiger charge is -1.89. The first-order valence-corrected chi connectivity index (χ1v) is 3.22. The van der Waals surface area contributed by atoms with E-state index in [1.165, 1.54) is 4.79 Å². The van der Waals surface area contributed by atoms with Crippen LogP contribution in [-0.4, -0.2) is 15.8 Å². The molecular weight excluding hydrogens is 142 g/mol. The molecule has 1 rings (SSSR count). The Balaban J connectivity index is 2.98. The smallest absolute Gasteiger partial charge is 0.211 e.